The van der Waals surface area contributed by atoms with Gasteiger partial charge in [-0.25, -0.2) is 0 Å². The van der Waals surface area contributed by atoms with Gasteiger partial charge in [-0.3, -0.25) is 0 Å². The largest absolute Gasteiger partial charge is 0.496 e. The van der Waals surface area contributed by atoms with Crippen LogP contribution in [-0.4, -0.2) is 26.8 Å². The van der Waals surface area contributed by atoms with Gasteiger partial charge in [-0.1, -0.05) is 36.4 Å². The molecule has 3 rings (SSSR count). The van der Waals surface area contributed by atoms with Gasteiger partial charge in [0.1, 0.15) is 11.5 Å². The van der Waals surface area contributed by atoms with Crippen molar-refractivity contribution in [3.05, 3.63) is 59.7 Å². The van der Waals surface area contributed by atoms with Crippen molar-refractivity contribution in [2.75, 3.05) is 20.8 Å². The molecule has 0 radical (unpaired) electrons. The lowest BCUT2D eigenvalue weighted by molar-refractivity contribution is 0.300. The highest BCUT2D eigenvalue weighted by atomic mass is 16.5. The van der Waals surface area contributed by atoms with E-state index in [0.717, 1.165) is 24.5 Å². The maximum Gasteiger partial charge on any atom is 0.122 e. The molecule has 110 valence electrons. The Hall–Kier alpha value is -2.00. The molecule has 0 fully saturated rings. The summed E-state index contributed by atoms with van der Waals surface area (Å²) in [4.78, 5) is 0. The van der Waals surface area contributed by atoms with Crippen molar-refractivity contribution >= 4 is 0 Å². The van der Waals surface area contributed by atoms with Gasteiger partial charge < -0.3 is 14.8 Å². The predicted molar refractivity (Wildman–Crippen MR) is 84.2 cm³/mol. The normalized spacial score (nSPS) is 17.9. The van der Waals surface area contributed by atoms with Gasteiger partial charge in [0.15, 0.2) is 0 Å². The molecule has 0 saturated carbocycles. The topological polar surface area (TPSA) is 30.5 Å². The molecule has 3 nitrogen and oxygen atoms in total. The van der Waals surface area contributed by atoms with Crippen LogP contribution in [0.3, 0.4) is 0 Å². The van der Waals surface area contributed by atoms with E-state index in [9.17, 15) is 0 Å². The zero-order valence-electron chi connectivity index (χ0n) is 12.5. The van der Waals surface area contributed by atoms with Crippen molar-refractivity contribution < 1.29 is 9.47 Å². The van der Waals surface area contributed by atoms with Gasteiger partial charge in [0.05, 0.1) is 13.7 Å². The highest BCUT2D eigenvalue weighted by Crippen LogP contribution is 2.36. The maximum atomic E-state index is 5.82. The van der Waals surface area contributed by atoms with Gasteiger partial charge in [0.25, 0.3) is 0 Å². The summed E-state index contributed by atoms with van der Waals surface area (Å²) in [6, 6.07) is 16.8. The van der Waals surface area contributed by atoms with Crippen molar-refractivity contribution in [1.82, 2.24) is 5.32 Å². The fourth-order valence-electron chi connectivity index (χ4n) is 3.07. The first-order chi connectivity index (χ1) is 10.3. The molecular weight excluding hydrogens is 262 g/mol. The van der Waals surface area contributed by atoms with Gasteiger partial charge in [-0.2, -0.15) is 0 Å². The van der Waals surface area contributed by atoms with Crippen LogP contribution < -0.4 is 14.8 Å². The van der Waals surface area contributed by atoms with E-state index in [1.165, 1.54) is 11.1 Å². The van der Waals surface area contributed by atoms with Crippen molar-refractivity contribution in [2.24, 2.45) is 0 Å². The van der Waals surface area contributed by atoms with E-state index < -0.39 is 0 Å². The molecule has 0 amide bonds. The molecule has 1 aliphatic heterocycles. The van der Waals surface area contributed by atoms with E-state index in [1.807, 2.05) is 31.3 Å². The summed E-state index contributed by atoms with van der Waals surface area (Å²) in [5.74, 6) is 2.34. The Bertz CT molecular complexity index is 612. The highest BCUT2D eigenvalue weighted by molar-refractivity contribution is 5.41. The number of likely N-dealkylation sites (N-methyl/N-ethyl adjacent to an activating group) is 1. The van der Waals surface area contributed by atoms with E-state index in [-0.39, 0.29) is 0 Å². The van der Waals surface area contributed by atoms with Crippen LogP contribution in [0.5, 0.6) is 11.5 Å². The van der Waals surface area contributed by atoms with Gasteiger partial charge in [0.2, 0.25) is 0 Å². The molecule has 21 heavy (non-hydrogen) atoms. The fourth-order valence-corrected chi connectivity index (χ4v) is 3.07. The number of hydrogen-bond donors (Lipinski definition) is 1. The Balaban J connectivity index is 1.83. The third-order valence-electron chi connectivity index (χ3n) is 4.23. The summed E-state index contributed by atoms with van der Waals surface area (Å²) in [6.07, 6.45) is 0.920. The molecule has 0 aromatic heterocycles. The molecule has 2 aromatic rings. The third-order valence-corrected chi connectivity index (χ3v) is 4.23. The fraction of sp³-hybridized carbons (Fsp3) is 0.333. The van der Waals surface area contributed by atoms with E-state index in [1.54, 1.807) is 7.11 Å². The lowest BCUT2D eigenvalue weighted by Gasteiger charge is -2.23. The van der Waals surface area contributed by atoms with E-state index in [4.69, 9.17) is 9.47 Å². The molecule has 0 aliphatic carbocycles. The van der Waals surface area contributed by atoms with E-state index in [0.29, 0.717) is 12.0 Å². The lowest BCUT2D eigenvalue weighted by atomic mass is 9.89. The van der Waals surface area contributed by atoms with Gasteiger partial charge >= 0.3 is 0 Å². The number of benzene rings is 2. The van der Waals surface area contributed by atoms with Gasteiger partial charge in [-0.05, 0) is 31.2 Å². The molecule has 0 saturated heterocycles. The molecule has 2 aromatic carbocycles. The van der Waals surface area contributed by atoms with E-state index in [2.05, 4.69) is 29.6 Å². The summed E-state index contributed by atoms with van der Waals surface area (Å²) in [5.41, 5.74) is 2.52. The van der Waals surface area contributed by atoms with Crippen molar-refractivity contribution in [3.63, 3.8) is 0 Å². The Labute approximate surface area is 125 Å². The predicted octanol–water partition coefficient (Wildman–Crippen LogP) is 3.00. The van der Waals surface area contributed by atoms with Gasteiger partial charge in [-0.15, -0.1) is 0 Å². The first-order valence-electron chi connectivity index (χ1n) is 7.34. The third kappa shape index (κ3) is 2.74. The van der Waals surface area contributed by atoms with Crippen molar-refractivity contribution in [1.29, 1.82) is 0 Å². The Morgan fingerprint density at radius 2 is 1.95 bits per heavy atom. The SMILES string of the molecule is CNC(Cc1ccccc1OC)C1COc2ccccc21. The van der Waals surface area contributed by atoms with Gasteiger partial charge in [0, 0.05) is 17.5 Å². The standard InChI is InChI=1S/C18H21NO2/c1-19-16(11-13-7-3-5-9-17(13)20-2)15-12-21-18-10-6-4-8-14(15)18/h3-10,15-16,19H,11-12H2,1-2H3. The van der Waals surface area contributed by atoms with Crippen LogP contribution in [0.15, 0.2) is 48.5 Å². The first kappa shape index (κ1) is 14.0. The zero-order valence-corrected chi connectivity index (χ0v) is 12.5. The average molecular weight is 283 g/mol. The zero-order chi connectivity index (χ0) is 14.7. The summed E-state index contributed by atoms with van der Waals surface area (Å²) < 4.78 is 11.3. The van der Waals surface area contributed by atoms with Crippen LogP contribution >= 0.6 is 0 Å². The summed E-state index contributed by atoms with van der Waals surface area (Å²) >= 11 is 0. The molecule has 0 bridgehead atoms. The Morgan fingerprint density at radius 1 is 1.19 bits per heavy atom. The minimum Gasteiger partial charge on any atom is -0.496 e. The quantitative estimate of drug-likeness (QED) is 0.915. The van der Waals surface area contributed by atoms with Crippen LogP contribution in [0.1, 0.15) is 17.0 Å². The van der Waals surface area contributed by atoms with Crippen molar-refractivity contribution in [3.8, 4) is 11.5 Å². The molecule has 0 spiro atoms. The Kier molecular flexibility index (Phi) is 4.11. The van der Waals surface area contributed by atoms with E-state index >= 15 is 0 Å². The maximum absolute atomic E-state index is 5.82. The van der Waals surface area contributed by atoms with Crippen LogP contribution in [0.25, 0.3) is 0 Å². The molecule has 3 heteroatoms. The molecule has 1 aliphatic rings. The van der Waals surface area contributed by atoms with Crippen molar-refractivity contribution in [2.45, 2.75) is 18.4 Å². The number of ether oxygens (including phenoxy) is 2. The second kappa shape index (κ2) is 6.19. The number of hydrogen-bond acceptors (Lipinski definition) is 3. The molecule has 2 atom stereocenters. The second-order valence-corrected chi connectivity index (χ2v) is 5.37. The lowest BCUT2D eigenvalue weighted by Crippen LogP contribution is -2.35. The summed E-state index contributed by atoms with van der Waals surface area (Å²) in [7, 11) is 3.74. The number of para-hydroxylation sites is 2. The summed E-state index contributed by atoms with van der Waals surface area (Å²) in [6.45, 7) is 0.736. The number of nitrogens with one attached hydrogen (secondary N) is 1. The second-order valence-electron chi connectivity index (χ2n) is 5.37. The van der Waals surface area contributed by atoms with Crippen LogP contribution in [0.2, 0.25) is 0 Å². The number of fused-ring (bicyclic) bond motifs is 1. The molecule has 1 N–H and O–H groups in total. The Morgan fingerprint density at radius 3 is 2.76 bits per heavy atom. The summed E-state index contributed by atoms with van der Waals surface area (Å²) in [5, 5.41) is 3.45. The molecule has 1 heterocycles. The minimum atomic E-state index is 0.324. The smallest absolute Gasteiger partial charge is 0.122 e. The molecular formula is C18H21NO2. The monoisotopic (exact) mass is 283 g/mol. The first-order valence-corrected chi connectivity index (χ1v) is 7.34. The number of rotatable bonds is 5. The molecule has 2 unspecified atom stereocenters. The number of methoxy groups -OCH3 is 1. The van der Waals surface area contributed by atoms with Crippen LogP contribution in [-0.2, 0) is 6.42 Å². The highest BCUT2D eigenvalue weighted by Gasteiger charge is 2.30. The average Bonchev–Trinajstić information content (AvgIpc) is 2.97. The van der Waals surface area contributed by atoms with Crippen LogP contribution in [0, 0.1) is 0 Å². The minimum absolute atomic E-state index is 0.324. The van der Waals surface area contributed by atoms with Crippen LogP contribution in [0.4, 0.5) is 0 Å².